The van der Waals surface area contributed by atoms with E-state index in [1.807, 2.05) is 18.2 Å². The fourth-order valence-corrected chi connectivity index (χ4v) is 2.92. The van der Waals surface area contributed by atoms with Gasteiger partial charge >= 0.3 is 0 Å². The summed E-state index contributed by atoms with van der Waals surface area (Å²) in [5, 5.41) is 19.6. The van der Waals surface area contributed by atoms with Gasteiger partial charge in [-0.05, 0) is 43.3 Å². The molecule has 136 valence electrons. The molecular weight excluding hydrogens is 364 g/mol. The number of benzene rings is 2. The van der Waals surface area contributed by atoms with Gasteiger partial charge in [-0.25, -0.2) is 0 Å². The first-order valence-corrected chi connectivity index (χ1v) is 8.93. The smallest absolute Gasteiger partial charge is 0.277 e. The Balaban J connectivity index is 1.65. The van der Waals surface area contributed by atoms with Crippen LogP contribution in [0.5, 0.6) is 5.75 Å². The molecule has 8 heteroatoms. The molecule has 1 amide bonds. The summed E-state index contributed by atoms with van der Waals surface area (Å²) in [5.74, 6) is 0.838. The summed E-state index contributed by atoms with van der Waals surface area (Å²) >= 11 is 1.15. The topological polar surface area (TPSA) is 101 Å². The molecule has 3 aromatic rings. The fourth-order valence-electron chi connectivity index (χ4n) is 2.24. The number of thioether (sulfide) groups is 1. The molecule has 1 aromatic heterocycles. The van der Waals surface area contributed by atoms with Gasteiger partial charge in [-0.3, -0.25) is 4.79 Å². The molecule has 0 bridgehead atoms. The van der Waals surface area contributed by atoms with Crippen molar-refractivity contribution in [1.82, 2.24) is 10.2 Å². The number of nitrogens with zero attached hydrogens (tertiary/aromatic N) is 3. The third-order valence-electron chi connectivity index (χ3n) is 3.70. The van der Waals surface area contributed by atoms with Gasteiger partial charge in [-0.1, -0.05) is 23.9 Å². The minimum atomic E-state index is -0.485. The van der Waals surface area contributed by atoms with E-state index < -0.39 is 5.25 Å². The van der Waals surface area contributed by atoms with Gasteiger partial charge in [0, 0.05) is 5.56 Å². The molecular formula is C19H16N4O3S. The highest BCUT2D eigenvalue weighted by Crippen LogP contribution is 2.28. The van der Waals surface area contributed by atoms with Gasteiger partial charge in [0.25, 0.3) is 5.22 Å². The lowest BCUT2D eigenvalue weighted by molar-refractivity contribution is -0.115. The van der Waals surface area contributed by atoms with E-state index in [-0.39, 0.29) is 11.1 Å². The highest BCUT2D eigenvalue weighted by atomic mass is 32.2. The van der Waals surface area contributed by atoms with Crippen LogP contribution in [0, 0.1) is 11.3 Å². The van der Waals surface area contributed by atoms with Crippen LogP contribution in [0.4, 0.5) is 5.69 Å². The molecule has 0 radical (unpaired) electrons. The Morgan fingerprint density at radius 2 is 1.96 bits per heavy atom. The summed E-state index contributed by atoms with van der Waals surface area (Å²) in [6.07, 6.45) is 0. The van der Waals surface area contributed by atoms with Gasteiger partial charge in [-0.15, -0.1) is 10.2 Å². The number of hydrogen-bond donors (Lipinski definition) is 1. The van der Waals surface area contributed by atoms with Crippen molar-refractivity contribution in [2.24, 2.45) is 0 Å². The first kappa shape index (κ1) is 18.5. The predicted octanol–water partition coefficient (Wildman–Crippen LogP) is 3.74. The summed E-state index contributed by atoms with van der Waals surface area (Å²) in [6, 6.07) is 16.1. The number of amides is 1. The van der Waals surface area contributed by atoms with Crippen LogP contribution >= 0.6 is 11.8 Å². The highest BCUT2D eigenvalue weighted by molar-refractivity contribution is 8.00. The number of carbonyl (C=O) groups is 1. The molecule has 1 N–H and O–H groups in total. The summed E-state index contributed by atoms with van der Waals surface area (Å²) in [5.41, 5.74) is 1.64. The molecule has 0 aliphatic heterocycles. The first-order chi connectivity index (χ1) is 13.1. The molecule has 1 atom stereocenters. The van der Waals surface area contributed by atoms with Gasteiger partial charge in [0.05, 0.1) is 23.6 Å². The number of methoxy groups -OCH3 is 1. The van der Waals surface area contributed by atoms with Crippen LogP contribution in [-0.4, -0.2) is 28.5 Å². The molecule has 0 fully saturated rings. The lowest BCUT2D eigenvalue weighted by Gasteiger charge is -2.10. The summed E-state index contributed by atoms with van der Waals surface area (Å²) < 4.78 is 10.7. The van der Waals surface area contributed by atoms with Crippen molar-refractivity contribution in [2.45, 2.75) is 17.4 Å². The molecule has 2 aromatic carbocycles. The number of para-hydroxylation sites is 1. The molecule has 7 nitrogen and oxygen atoms in total. The van der Waals surface area contributed by atoms with Crippen molar-refractivity contribution in [3.8, 4) is 23.3 Å². The second-order valence-electron chi connectivity index (χ2n) is 5.51. The lowest BCUT2D eigenvalue weighted by Crippen LogP contribution is -2.22. The Kier molecular flexibility index (Phi) is 5.74. The van der Waals surface area contributed by atoms with Gasteiger partial charge < -0.3 is 14.5 Å². The largest absolute Gasteiger partial charge is 0.497 e. The third-order valence-corrected chi connectivity index (χ3v) is 4.63. The van der Waals surface area contributed by atoms with E-state index >= 15 is 0 Å². The molecule has 0 spiro atoms. The van der Waals surface area contributed by atoms with Crippen LogP contribution in [0.15, 0.2) is 58.2 Å². The highest BCUT2D eigenvalue weighted by Gasteiger charge is 2.19. The molecule has 0 aliphatic rings. The zero-order valence-corrected chi connectivity index (χ0v) is 15.5. The zero-order valence-electron chi connectivity index (χ0n) is 14.7. The van der Waals surface area contributed by atoms with Gasteiger partial charge in [0.2, 0.25) is 11.8 Å². The normalized spacial score (nSPS) is 11.4. The van der Waals surface area contributed by atoms with Crippen LogP contribution in [0.3, 0.4) is 0 Å². The van der Waals surface area contributed by atoms with Gasteiger partial charge in [0.1, 0.15) is 11.8 Å². The molecule has 1 heterocycles. The van der Waals surface area contributed by atoms with Crippen LogP contribution in [0.2, 0.25) is 0 Å². The molecule has 0 saturated heterocycles. The SMILES string of the molecule is COc1ccc(-c2nnc(SC(C)C(=O)Nc3ccccc3C#N)o2)cc1. The van der Waals surface area contributed by atoms with Gasteiger partial charge in [0.15, 0.2) is 0 Å². The first-order valence-electron chi connectivity index (χ1n) is 8.05. The monoisotopic (exact) mass is 380 g/mol. The van der Waals surface area contributed by atoms with E-state index in [1.165, 1.54) is 0 Å². The van der Waals surface area contributed by atoms with Crippen LogP contribution in [0.1, 0.15) is 12.5 Å². The lowest BCUT2D eigenvalue weighted by atomic mass is 10.2. The Morgan fingerprint density at radius 3 is 2.67 bits per heavy atom. The second kappa shape index (κ2) is 8.38. The summed E-state index contributed by atoms with van der Waals surface area (Å²) in [7, 11) is 1.60. The average molecular weight is 380 g/mol. The minimum Gasteiger partial charge on any atom is -0.497 e. The Morgan fingerprint density at radius 1 is 1.22 bits per heavy atom. The van der Waals surface area contributed by atoms with Crippen LogP contribution in [-0.2, 0) is 4.79 Å². The standard InChI is InChI=1S/C19H16N4O3S/c1-12(17(24)21-16-6-4-3-5-14(16)11-20)27-19-23-22-18(26-19)13-7-9-15(25-2)10-8-13/h3-10,12H,1-2H3,(H,21,24). The molecule has 3 rings (SSSR count). The van der Waals surface area contributed by atoms with Crippen molar-refractivity contribution in [2.75, 3.05) is 12.4 Å². The van der Waals surface area contributed by atoms with Crippen molar-refractivity contribution >= 4 is 23.4 Å². The second-order valence-corrected chi connectivity index (χ2v) is 6.80. The van der Waals surface area contributed by atoms with E-state index in [2.05, 4.69) is 15.5 Å². The fraction of sp³-hybridized carbons (Fsp3) is 0.158. The zero-order chi connectivity index (χ0) is 19.2. The van der Waals surface area contributed by atoms with Crippen molar-refractivity contribution in [3.05, 3.63) is 54.1 Å². The number of carbonyl (C=O) groups excluding carboxylic acids is 1. The molecule has 0 saturated carbocycles. The molecule has 0 aliphatic carbocycles. The number of aromatic nitrogens is 2. The maximum Gasteiger partial charge on any atom is 0.277 e. The summed E-state index contributed by atoms with van der Waals surface area (Å²) in [4.78, 5) is 12.4. The maximum atomic E-state index is 12.4. The van der Waals surface area contributed by atoms with E-state index in [1.54, 1.807) is 50.4 Å². The van der Waals surface area contributed by atoms with Crippen molar-refractivity contribution in [1.29, 1.82) is 5.26 Å². The Hall–Kier alpha value is -3.31. The van der Waals surface area contributed by atoms with Gasteiger partial charge in [-0.2, -0.15) is 5.26 Å². The van der Waals surface area contributed by atoms with E-state index in [0.29, 0.717) is 17.1 Å². The Labute approximate surface area is 160 Å². The third kappa shape index (κ3) is 4.46. The summed E-state index contributed by atoms with van der Waals surface area (Å²) in [6.45, 7) is 1.73. The average Bonchev–Trinajstić information content (AvgIpc) is 3.16. The number of nitriles is 1. The predicted molar refractivity (Wildman–Crippen MR) is 101 cm³/mol. The minimum absolute atomic E-state index is 0.258. The van der Waals surface area contributed by atoms with Crippen molar-refractivity contribution in [3.63, 3.8) is 0 Å². The van der Waals surface area contributed by atoms with Crippen LogP contribution < -0.4 is 10.1 Å². The Bertz CT molecular complexity index is 979. The maximum absolute atomic E-state index is 12.4. The number of ether oxygens (including phenoxy) is 1. The number of anilines is 1. The van der Waals surface area contributed by atoms with E-state index in [4.69, 9.17) is 14.4 Å². The molecule has 1 unspecified atom stereocenters. The molecule has 27 heavy (non-hydrogen) atoms. The number of nitrogens with one attached hydrogen (secondary N) is 1. The van der Waals surface area contributed by atoms with E-state index in [0.717, 1.165) is 23.1 Å². The number of rotatable bonds is 6. The van der Waals surface area contributed by atoms with Crippen LogP contribution in [0.25, 0.3) is 11.5 Å². The quantitative estimate of drug-likeness (QED) is 0.650. The van der Waals surface area contributed by atoms with E-state index in [9.17, 15) is 4.79 Å². The van der Waals surface area contributed by atoms with Crippen molar-refractivity contribution < 1.29 is 13.9 Å². The number of hydrogen-bond acceptors (Lipinski definition) is 7.